The summed E-state index contributed by atoms with van der Waals surface area (Å²) in [4.78, 5) is 19.0. The lowest BCUT2D eigenvalue weighted by Gasteiger charge is -2.37. The molecule has 2 saturated heterocycles. The van der Waals surface area contributed by atoms with E-state index in [-0.39, 0.29) is 10.8 Å². The van der Waals surface area contributed by atoms with Crippen molar-refractivity contribution in [2.24, 2.45) is 0 Å². The van der Waals surface area contributed by atoms with Crippen LogP contribution in [0.2, 0.25) is 0 Å². The Kier molecular flexibility index (Phi) is 6.94. The summed E-state index contributed by atoms with van der Waals surface area (Å²) in [6, 6.07) is 7.05. The van der Waals surface area contributed by atoms with Gasteiger partial charge in [0.2, 0.25) is 0 Å². The Hall–Kier alpha value is -2.92. The molecule has 2 aliphatic rings. The van der Waals surface area contributed by atoms with E-state index in [9.17, 15) is 22.0 Å². The van der Waals surface area contributed by atoms with E-state index in [1.54, 1.807) is 15.9 Å². The Labute approximate surface area is 197 Å². The number of hydrogen-bond donors (Lipinski definition) is 0. The highest BCUT2D eigenvalue weighted by Crippen LogP contribution is 2.30. The second kappa shape index (κ2) is 9.75. The zero-order valence-electron chi connectivity index (χ0n) is 19.1. The quantitative estimate of drug-likeness (QED) is 0.629. The van der Waals surface area contributed by atoms with Crippen LogP contribution in [0.3, 0.4) is 0 Å². The molecule has 2 heterocycles. The fourth-order valence-electron chi connectivity index (χ4n) is 4.26. The van der Waals surface area contributed by atoms with Crippen molar-refractivity contribution in [3.63, 3.8) is 0 Å². The van der Waals surface area contributed by atoms with Crippen molar-refractivity contribution in [3.8, 4) is 5.75 Å². The lowest BCUT2D eigenvalue weighted by molar-refractivity contribution is 0.0746. The number of methoxy groups -OCH3 is 1. The van der Waals surface area contributed by atoms with Gasteiger partial charge in [0, 0.05) is 69.0 Å². The first-order valence-corrected chi connectivity index (χ1v) is 12.8. The van der Waals surface area contributed by atoms with Gasteiger partial charge >= 0.3 is 0 Å². The maximum atomic E-state index is 14.1. The molecule has 0 unspecified atom stereocenters. The van der Waals surface area contributed by atoms with Crippen LogP contribution in [0.25, 0.3) is 0 Å². The number of halogens is 2. The molecule has 0 spiro atoms. The number of anilines is 2. The normalized spacial score (nSPS) is 17.1. The number of ether oxygens (including phenoxy) is 2. The first kappa shape index (κ1) is 24.2. The summed E-state index contributed by atoms with van der Waals surface area (Å²) in [6.45, 7) is 3.62. The van der Waals surface area contributed by atoms with Crippen LogP contribution in [0.1, 0.15) is 10.4 Å². The van der Waals surface area contributed by atoms with Crippen LogP contribution in [-0.4, -0.2) is 85.1 Å². The van der Waals surface area contributed by atoms with Gasteiger partial charge in [-0.15, -0.1) is 0 Å². The Morgan fingerprint density at radius 3 is 2.12 bits per heavy atom. The molecular weight excluding hydrogens is 468 g/mol. The second-order valence-corrected chi connectivity index (χ2v) is 10.3. The molecule has 2 aliphatic heterocycles. The summed E-state index contributed by atoms with van der Waals surface area (Å²) in [6.07, 6.45) is 1.11. The molecule has 184 valence electrons. The Balaban J connectivity index is 1.55. The fourth-order valence-corrected chi connectivity index (χ4v) is 4.91. The van der Waals surface area contributed by atoms with Crippen molar-refractivity contribution in [2.75, 3.05) is 75.6 Å². The highest BCUT2D eigenvalue weighted by molar-refractivity contribution is 7.90. The van der Waals surface area contributed by atoms with Gasteiger partial charge in [-0.05, 0) is 18.2 Å². The number of nitrogens with zero attached hydrogens (tertiary/aromatic N) is 3. The fraction of sp³-hybridized carbons (Fsp3) is 0.435. The summed E-state index contributed by atoms with van der Waals surface area (Å²) < 4.78 is 62.7. The number of morpholine rings is 1. The van der Waals surface area contributed by atoms with Crippen molar-refractivity contribution in [3.05, 3.63) is 47.5 Å². The van der Waals surface area contributed by atoms with Gasteiger partial charge in [-0.25, -0.2) is 17.2 Å². The van der Waals surface area contributed by atoms with Gasteiger partial charge in [0.05, 0.1) is 30.8 Å². The topological polar surface area (TPSA) is 79.4 Å². The maximum Gasteiger partial charge on any atom is 0.256 e. The number of sulfone groups is 1. The smallest absolute Gasteiger partial charge is 0.256 e. The molecule has 0 bridgehead atoms. The lowest BCUT2D eigenvalue weighted by atomic mass is 10.1. The number of hydrogen-bond acceptors (Lipinski definition) is 7. The Morgan fingerprint density at radius 2 is 1.56 bits per heavy atom. The van der Waals surface area contributed by atoms with Crippen LogP contribution >= 0.6 is 0 Å². The van der Waals surface area contributed by atoms with Crippen molar-refractivity contribution in [1.82, 2.24) is 4.90 Å². The van der Waals surface area contributed by atoms with E-state index >= 15 is 0 Å². The van der Waals surface area contributed by atoms with Crippen LogP contribution in [-0.2, 0) is 14.6 Å². The molecule has 11 heteroatoms. The Bertz CT molecular complexity index is 1150. The van der Waals surface area contributed by atoms with Crippen molar-refractivity contribution in [2.45, 2.75) is 4.90 Å². The molecule has 0 atom stereocenters. The minimum atomic E-state index is -3.50. The first-order chi connectivity index (χ1) is 16.2. The summed E-state index contributed by atoms with van der Waals surface area (Å²) in [5.74, 6) is -2.29. The summed E-state index contributed by atoms with van der Waals surface area (Å²) in [7, 11) is -2.30. The summed E-state index contributed by atoms with van der Waals surface area (Å²) in [5, 5.41) is 0. The van der Waals surface area contributed by atoms with Crippen LogP contribution in [0.15, 0.2) is 35.2 Å². The van der Waals surface area contributed by atoms with Gasteiger partial charge in [0.15, 0.2) is 27.2 Å². The zero-order chi connectivity index (χ0) is 24.5. The monoisotopic (exact) mass is 495 g/mol. The maximum absolute atomic E-state index is 14.1. The average molecular weight is 496 g/mol. The predicted octanol–water partition coefficient (Wildman–Crippen LogP) is 2.18. The minimum Gasteiger partial charge on any atom is -0.491 e. The molecule has 0 N–H and O–H groups in total. The van der Waals surface area contributed by atoms with Crippen molar-refractivity contribution < 1.29 is 31.5 Å². The molecule has 34 heavy (non-hydrogen) atoms. The summed E-state index contributed by atoms with van der Waals surface area (Å²) >= 11 is 0. The van der Waals surface area contributed by atoms with Crippen LogP contribution < -0.4 is 14.5 Å². The van der Waals surface area contributed by atoms with Gasteiger partial charge < -0.3 is 24.2 Å². The van der Waals surface area contributed by atoms with Crippen LogP contribution in [0, 0.1) is 11.6 Å². The van der Waals surface area contributed by atoms with E-state index in [0.29, 0.717) is 69.4 Å². The molecule has 2 aromatic carbocycles. The molecule has 1 amide bonds. The number of rotatable bonds is 5. The number of piperazine rings is 1. The largest absolute Gasteiger partial charge is 0.491 e. The third kappa shape index (κ3) is 4.95. The molecular formula is C23H27F2N3O5S. The van der Waals surface area contributed by atoms with E-state index in [2.05, 4.69) is 0 Å². The molecule has 2 fully saturated rings. The van der Waals surface area contributed by atoms with E-state index in [1.165, 1.54) is 31.4 Å². The highest BCUT2D eigenvalue weighted by Gasteiger charge is 2.28. The van der Waals surface area contributed by atoms with Crippen LogP contribution in [0.4, 0.5) is 20.2 Å². The third-order valence-corrected chi connectivity index (χ3v) is 7.21. The van der Waals surface area contributed by atoms with E-state index in [0.717, 1.165) is 6.26 Å². The standard InChI is InChI=1S/C23H27F2N3O5S/c1-32-22-19(24)13-16(14-20(22)25)26-5-7-28(8-6-26)23(29)18-15-17(34(2,30)31)3-4-21(18)27-9-11-33-12-10-27/h3-4,13-15H,5-12H2,1-2H3. The number of carbonyl (C=O) groups excluding carboxylic acids is 1. The van der Waals surface area contributed by atoms with E-state index in [1.807, 2.05) is 4.90 Å². The zero-order valence-corrected chi connectivity index (χ0v) is 19.9. The predicted molar refractivity (Wildman–Crippen MR) is 124 cm³/mol. The number of carbonyl (C=O) groups is 1. The highest BCUT2D eigenvalue weighted by atomic mass is 32.2. The number of amides is 1. The average Bonchev–Trinajstić information content (AvgIpc) is 2.83. The lowest BCUT2D eigenvalue weighted by Crippen LogP contribution is -2.49. The molecule has 8 nitrogen and oxygen atoms in total. The number of benzene rings is 2. The van der Waals surface area contributed by atoms with Crippen molar-refractivity contribution in [1.29, 1.82) is 0 Å². The van der Waals surface area contributed by atoms with Gasteiger partial charge in [0.25, 0.3) is 5.91 Å². The molecule has 0 aromatic heterocycles. The van der Waals surface area contributed by atoms with E-state index < -0.39 is 27.2 Å². The summed E-state index contributed by atoms with van der Waals surface area (Å²) in [5.41, 5.74) is 1.36. The van der Waals surface area contributed by atoms with Crippen LogP contribution in [0.5, 0.6) is 5.75 Å². The molecule has 0 saturated carbocycles. The van der Waals surface area contributed by atoms with Crippen molar-refractivity contribution >= 4 is 27.1 Å². The SMILES string of the molecule is COc1c(F)cc(N2CCN(C(=O)c3cc(S(C)(=O)=O)ccc3N3CCOCC3)CC2)cc1F. The molecule has 2 aromatic rings. The third-order valence-electron chi connectivity index (χ3n) is 6.10. The van der Waals surface area contributed by atoms with Gasteiger partial charge in [-0.3, -0.25) is 4.79 Å². The van der Waals surface area contributed by atoms with Gasteiger partial charge in [0.1, 0.15) is 0 Å². The second-order valence-electron chi connectivity index (χ2n) is 8.27. The molecule has 4 rings (SSSR count). The van der Waals surface area contributed by atoms with Gasteiger partial charge in [-0.2, -0.15) is 0 Å². The molecule has 0 radical (unpaired) electrons. The minimum absolute atomic E-state index is 0.0793. The molecule has 0 aliphatic carbocycles. The first-order valence-electron chi connectivity index (χ1n) is 10.9. The van der Waals surface area contributed by atoms with E-state index in [4.69, 9.17) is 9.47 Å². The van der Waals surface area contributed by atoms with Gasteiger partial charge in [-0.1, -0.05) is 0 Å². The Morgan fingerprint density at radius 1 is 0.941 bits per heavy atom.